The number of rotatable bonds is 6. The van der Waals surface area contributed by atoms with Gasteiger partial charge in [0, 0.05) is 10.6 Å². The molecule has 2 amide bonds. The molecule has 1 unspecified atom stereocenters. The van der Waals surface area contributed by atoms with Crippen LogP contribution < -0.4 is 15.4 Å². The molecule has 0 spiro atoms. The molecule has 0 saturated carbocycles. The molecule has 0 aliphatic heterocycles. The zero-order valence-corrected chi connectivity index (χ0v) is 12.1. The first-order valence-electron chi connectivity index (χ1n) is 6.36. The number of aliphatic hydroxyl groups is 1. The monoisotopic (exact) mass is 328 g/mol. The number of urea groups is 1. The van der Waals surface area contributed by atoms with Crippen molar-refractivity contribution in [3.63, 3.8) is 0 Å². The molecule has 5 nitrogen and oxygen atoms in total. The van der Waals surface area contributed by atoms with Crippen LogP contribution in [0.3, 0.4) is 0 Å². The number of benzene rings is 1. The van der Waals surface area contributed by atoms with Crippen LogP contribution in [-0.2, 0) is 0 Å². The molecule has 0 fully saturated rings. The number of hydrogen-bond donors (Lipinski definition) is 3. The number of alkyl halides is 2. The van der Waals surface area contributed by atoms with Gasteiger partial charge in [-0.05, 0) is 35.7 Å². The minimum Gasteiger partial charge on any atom is -0.435 e. The Labute approximate surface area is 129 Å². The van der Waals surface area contributed by atoms with Gasteiger partial charge >= 0.3 is 12.6 Å². The summed E-state index contributed by atoms with van der Waals surface area (Å²) in [5, 5.41) is 16.7. The number of halogens is 2. The molecule has 0 aliphatic carbocycles. The van der Waals surface area contributed by atoms with Crippen molar-refractivity contribution >= 4 is 23.1 Å². The molecule has 1 atom stereocenters. The zero-order chi connectivity index (χ0) is 15.9. The summed E-state index contributed by atoms with van der Waals surface area (Å²) in [6, 6.07) is 8.60. The van der Waals surface area contributed by atoms with Crippen molar-refractivity contribution in [3.05, 3.63) is 46.7 Å². The predicted octanol–water partition coefficient (Wildman–Crippen LogP) is 3.20. The summed E-state index contributed by atoms with van der Waals surface area (Å²) in [4.78, 5) is 12.4. The highest BCUT2D eigenvalue weighted by Crippen LogP contribution is 2.19. The second-order valence-electron chi connectivity index (χ2n) is 4.27. The number of thiophene rings is 1. The molecule has 0 aliphatic rings. The van der Waals surface area contributed by atoms with Gasteiger partial charge in [0.2, 0.25) is 0 Å². The average molecular weight is 328 g/mol. The molecule has 0 saturated heterocycles. The molecule has 1 aromatic heterocycles. The fourth-order valence-corrected chi connectivity index (χ4v) is 2.38. The minimum absolute atomic E-state index is 0.00840. The average Bonchev–Trinajstić information content (AvgIpc) is 3.00. The van der Waals surface area contributed by atoms with Crippen LogP contribution in [-0.4, -0.2) is 24.3 Å². The summed E-state index contributed by atoms with van der Waals surface area (Å²) in [6.45, 7) is -2.82. The number of anilines is 1. The van der Waals surface area contributed by atoms with Gasteiger partial charge in [-0.1, -0.05) is 6.07 Å². The van der Waals surface area contributed by atoms with Crippen molar-refractivity contribution in [1.29, 1.82) is 0 Å². The van der Waals surface area contributed by atoms with E-state index in [-0.39, 0.29) is 12.3 Å². The summed E-state index contributed by atoms with van der Waals surface area (Å²) >= 11 is 1.40. The van der Waals surface area contributed by atoms with Gasteiger partial charge in [0.15, 0.2) is 0 Å². The standard InChI is InChI=1S/C14H14F2N2O3S/c15-13(16)21-10-5-3-9(4-6-10)18-14(20)17-8-11(19)12-2-1-7-22-12/h1-7,11,13,19H,8H2,(H2,17,18,20). The van der Waals surface area contributed by atoms with Crippen molar-refractivity contribution in [3.8, 4) is 5.75 Å². The second-order valence-corrected chi connectivity index (χ2v) is 5.25. The van der Waals surface area contributed by atoms with Gasteiger partial charge in [-0.3, -0.25) is 0 Å². The summed E-state index contributed by atoms with van der Waals surface area (Å²) < 4.78 is 28.2. The van der Waals surface area contributed by atoms with Crippen molar-refractivity contribution < 1.29 is 23.4 Å². The largest absolute Gasteiger partial charge is 0.435 e. The molecule has 2 rings (SSSR count). The number of carbonyl (C=O) groups is 1. The molecular weight excluding hydrogens is 314 g/mol. The van der Waals surface area contributed by atoms with Gasteiger partial charge in [0.05, 0.1) is 6.54 Å². The van der Waals surface area contributed by atoms with E-state index in [0.29, 0.717) is 5.69 Å². The van der Waals surface area contributed by atoms with Gasteiger partial charge < -0.3 is 20.5 Å². The highest BCUT2D eigenvalue weighted by Gasteiger charge is 2.10. The smallest absolute Gasteiger partial charge is 0.387 e. The molecule has 2 aromatic rings. The Bertz CT molecular complexity index is 591. The van der Waals surface area contributed by atoms with Crippen LogP contribution in [0.15, 0.2) is 41.8 Å². The molecule has 22 heavy (non-hydrogen) atoms. The zero-order valence-electron chi connectivity index (χ0n) is 11.3. The van der Waals surface area contributed by atoms with E-state index in [9.17, 15) is 18.7 Å². The van der Waals surface area contributed by atoms with Gasteiger partial charge in [-0.2, -0.15) is 8.78 Å². The number of hydrogen-bond acceptors (Lipinski definition) is 4. The Morgan fingerprint density at radius 3 is 2.59 bits per heavy atom. The van der Waals surface area contributed by atoms with E-state index in [0.717, 1.165) is 4.88 Å². The van der Waals surface area contributed by atoms with Crippen molar-refractivity contribution in [2.75, 3.05) is 11.9 Å². The maximum absolute atomic E-state index is 12.0. The van der Waals surface area contributed by atoms with Gasteiger partial charge in [0.25, 0.3) is 0 Å². The van der Waals surface area contributed by atoms with E-state index in [1.807, 2.05) is 11.4 Å². The molecule has 1 aromatic carbocycles. The molecule has 118 valence electrons. The summed E-state index contributed by atoms with van der Waals surface area (Å²) in [6.07, 6.45) is -0.771. The SMILES string of the molecule is O=C(NCC(O)c1cccs1)Nc1ccc(OC(F)F)cc1. The topological polar surface area (TPSA) is 70.6 Å². The van der Waals surface area contributed by atoms with Crippen LogP contribution >= 0.6 is 11.3 Å². The summed E-state index contributed by atoms with van der Waals surface area (Å²) in [7, 11) is 0. The Hall–Kier alpha value is -2.19. The van der Waals surface area contributed by atoms with Gasteiger partial charge in [0.1, 0.15) is 11.9 Å². The number of ether oxygens (including phenoxy) is 1. The first kappa shape index (κ1) is 16.2. The lowest BCUT2D eigenvalue weighted by Crippen LogP contribution is -2.32. The highest BCUT2D eigenvalue weighted by molar-refractivity contribution is 7.10. The van der Waals surface area contributed by atoms with Crippen LogP contribution in [0.4, 0.5) is 19.3 Å². The molecular formula is C14H14F2N2O3S. The third-order valence-corrected chi connectivity index (χ3v) is 3.64. The summed E-state index contributed by atoms with van der Waals surface area (Å²) in [5.41, 5.74) is 0.421. The van der Waals surface area contributed by atoms with Crippen molar-refractivity contribution in [1.82, 2.24) is 5.32 Å². The first-order valence-corrected chi connectivity index (χ1v) is 7.24. The fraction of sp³-hybridized carbons (Fsp3) is 0.214. The fourth-order valence-electron chi connectivity index (χ4n) is 1.67. The maximum Gasteiger partial charge on any atom is 0.387 e. The maximum atomic E-state index is 12.0. The molecule has 1 heterocycles. The van der Waals surface area contributed by atoms with Crippen molar-refractivity contribution in [2.24, 2.45) is 0 Å². The Kier molecular flexibility index (Phi) is 5.68. The Balaban J connectivity index is 1.79. The normalized spacial score (nSPS) is 12.0. The van der Waals surface area contributed by atoms with E-state index in [4.69, 9.17) is 0 Å². The van der Waals surface area contributed by atoms with Crippen LogP contribution in [0.5, 0.6) is 5.75 Å². The molecule has 0 radical (unpaired) electrons. The van der Waals surface area contributed by atoms with E-state index in [2.05, 4.69) is 15.4 Å². The predicted molar refractivity (Wildman–Crippen MR) is 79.4 cm³/mol. The van der Waals surface area contributed by atoms with Gasteiger partial charge in [-0.25, -0.2) is 4.79 Å². The van der Waals surface area contributed by atoms with Crippen LogP contribution in [0.2, 0.25) is 0 Å². The lowest BCUT2D eigenvalue weighted by atomic mass is 10.3. The van der Waals surface area contributed by atoms with E-state index in [1.165, 1.54) is 35.6 Å². The Morgan fingerprint density at radius 1 is 1.27 bits per heavy atom. The Morgan fingerprint density at radius 2 is 2.00 bits per heavy atom. The molecule has 8 heteroatoms. The summed E-state index contributed by atoms with van der Waals surface area (Å²) in [5.74, 6) is 0.00840. The number of carbonyl (C=O) groups excluding carboxylic acids is 1. The lowest BCUT2D eigenvalue weighted by molar-refractivity contribution is -0.0498. The third-order valence-electron chi connectivity index (χ3n) is 2.66. The first-order chi connectivity index (χ1) is 10.5. The third kappa shape index (κ3) is 4.97. The quantitative estimate of drug-likeness (QED) is 0.762. The number of nitrogens with one attached hydrogen (secondary N) is 2. The van der Waals surface area contributed by atoms with Crippen LogP contribution in [0.1, 0.15) is 11.0 Å². The van der Waals surface area contributed by atoms with Gasteiger partial charge in [-0.15, -0.1) is 11.3 Å². The van der Waals surface area contributed by atoms with E-state index < -0.39 is 18.7 Å². The molecule has 3 N–H and O–H groups in total. The number of aliphatic hydroxyl groups excluding tert-OH is 1. The highest BCUT2D eigenvalue weighted by atomic mass is 32.1. The lowest BCUT2D eigenvalue weighted by Gasteiger charge is -2.11. The van der Waals surface area contributed by atoms with E-state index in [1.54, 1.807) is 6.07 Å². The van der Waals surface area contributed by atoms with Crippen LogP contribution in [0, 0.1) is 0 Å². The number of amides is 2. The second kappa shape index (κ2) is 7.71. The van der Waals surface area contributed by atoms with Crippen LogP contribution in [0.25, 0.3) is 0 Å². The van der Waals surface area contributed by atoms with E-state index >= 15 is 0 Å². The minimum atomic E-state index is -2.89. The van der Waals surface area contributed by atoms with Crippen molar-refractivity contribution in [2.45, 2.75) is 12.7 Å². The molecule has 0 bridgehead atoms.